The summed E-state index contributed by atoms with van der Waals surface area (Å²) in [6.45, 7) is 2.76. The first kappa shape index (κ1) is 15.3. The van der Waals surface area contributed by atoms with Crippen LogP contribution in [0.3, 0.4) is 0 Å². The molecule has 1 atom stereocenters. The molecule has 0 saturated heterocycles. The van der Waals surface area contributed by atoms with Gasteiger partial charge in [-0.15, -0.1) is 0 Å². The third-order valence-corrected chi connectivity index (χ3v) is 3.26. The Hall–Kier alpha value is -2.07. The van der Waals surface area contributed by atoms with Gasteiger partial charge in [0.05, 0.1) is 6.04 Å². The summed E-state index contributed by atoms with van der Waals surface area (Å²) in [5.74, 6) is -0.462. The summed E-state index contributed by atoms with van der Waals surface area (Å²) in [6, 6.07) is 12.1. The van der Waals surface area contributed by atoms with E-state index in [4.69, 9.17) is 0 Å². The number of nitrogens with one attached hydrogen (secondary N) is 1. The lowest BCUT2D eigenvalue weighted by atomic mass is 10.1. The zero-order valence-corrected chi connectivity index (χ0v) is 12.6. The zero-order valence-electron chi connectivity index (χ0n) is 12.6. The monoisotopic (exact) mass is 288 g/mol. The van der Waals surface area contributed by atoms with Gasteiger partial charge in [-0.25, -0.2) is 4.39 Å². The second-order valence-corrected chi connectivity index (χ2v) is 5.51. The third kappa shape index (κ3) is 4.20. The maximum atomic E-state index is 13.8. The maximum Gasteiger partial charge on any atom is 0.132 e. The molecule has 0 amide bonds. The summed E-state index contributed by atoms with van der Waals surface area (Å²) in [5, 5.41) is 12.6. The van der Waals surface area contributed by atoms with Crippen molar-refractivity contribution in [1.82, 2.24) is 4.90 Å². The van der Waals surface area contributed by atoms with Crippen LogP contribution < -0.4 is 5.32 Å². The summed E-state index contributed by atoms with van der Waals surface area (Å²) < 4.78 is 13.8. The Morgan fingerprint density at radius 3 is 2.62 bits per heavy atom. The molecule has 0 heterocycles. The summed E-state index contributed by atoms with van der Waals surface area (Å²) in [5.41, 5.74) is 2.68. The van der Waals surface area contributed by atoms with Gasteiger partial charge in [-0.2, -0.15) is 0 Å². The van der Waals surface area contributed by atoms with Crippen LogP contribution in [0.5, 0.6) is 5.75 Å². The fraction of sp³-hybridized carbons (Fsp3) is 0.294. The number of halogens is 1. The molecule has 4 heteroatoms. The lowest BCUT2D eigenvalue weighted by Gasteiger charge is -2.18. The highest BCUT2D eigenvalue weighted by molar-refractivity contribution is 5.48. The number of hydrogen-bond acceptors (Lipinski definition) is 3. The van der Waals surface area contributed by atoms with E-state index < -0.39 is 5.82 Å². The molecule has 0 fully saturated rings. The van der Waals surface area contributed by atoms with Crippen molar-refractivity contribution in [2.24, 2.45) is 0 Å². The van der Waals surface area contributed by atoms with Crippen LogP contribution in [0.1, 0.15) is 24.1 Å². The minimum atomic E-state index is -0.403. The summed E-state index contributed by atoms with van der Waals surface area (Å²) in [7, 11) is 4.04. The van der Waals surface area contributed by atoms with Crippen LogP contribution in [0.15, 0.2) is 42.5 Å². The minimum absolute atomic E-state index is 0.0589. The van der Waals surface area contributed by atoms with Crippen molar-refractivity contribution in [3.8, 4) is 5.75 Å². The molecule has 0 saturated carbocycles. The van der Waals surface area contributed by atoms with Crippen molar-refractivity contribution in [2.45, 2.75) is 19.5 Å². The van der Waals surface area contributed by atoms with E-state index in [1.165, 1.54) is 11.6 Å². The Morgan fingerprint density at radius 1 is 1.19 bits per heavy atom. The van der Waals surface area contributed by atoms with Gasteiger partial charge < -0.3 is 15.3 Å². The molecule has 0 bridgehead atoms. The number of aromatic hydroxyl groups is 1. The van der Waals surface area contributed by atoms with Gasteiger partial charge in [-0.3, -0.25) is 0 Å². The molecule has 0 radical (unpaired) electrons. The molecule has 21 heavy (non-hydrogen) atoms. The SMILES string of the molecule is CC(Nc1cccc(CN(C)C)c1)c1ccc(O)cc1F. The van der Waals surface area contributed by atoms with E-state index >= 15 is 0 Å². The zero-order chi connectivity index (χ0) is 15.4. The first-order chi connectivity index (χ1) is 9.95. The Balaban J connectivity index is 2.13. The first-order valence-corrected chi connectivity index (χ1v) is 6.94. The first-order valence-electron chi connectivity index (χ1n) is 6.94. The number of phenols is 1. The van der Waals surface area contributed by atoms with Crippen molar-refractivity contribution >= 4 is 5.69 Å². The molecule has 0 aliphatic heterocycles. The average Bonchev–Trinajstić information content (AvgIpc) is 2.37. The van der Waals surface area contributed by atoms with Crippen molar-refractivity contribution in [1.29, 1.82) is 0 Å². The predicted octanol–water partition coefficient (Wildman–Crippen LogP) is 3.77. The number of nitrogens with zero attached hydrogens (tertiary/aromatic N) is 1. The quantitative estimate of drug-likeness (QED) is 0.879. The molecular weight excluding hydrogens is 267 g/mol. The molecule has 0 aliphatic carbocycles. The second-order valence-electron chi connectivity index (χ2n) is 5.51. The van der Waals surface area contributed by atoms with Crippen molar-refractivity contribution in [2.75, 3.05) is 19.4 Å². The van der Waals surface area contributed by atoms with Crippen LogP contribution in [-0.2, 0) is 6.54 Å². The molecule has 1 unspecified atom stereocenters. The van der Waals surface area contributed by atoms with E-state index in [1.807, 2.05) is 33.2 Å². The average molecular weight is 288 g/mol. The van der Waals surface area contributed by atoms with Crippen molar-refractivity contribution in [3.05, 3.63) is 59.4 Å². The third-order valence-electron chi connectivity index (χ3n) is 3.26. The number of benzene rings is 2. The van der Waals surface area contributed by atoms with Crippen LogP contribution in [0.2, 0.25) is 0 Å². The van der Waals surface area contributed by atoms with Gasteiger partial charge in [0.25, 0.3) is 0 Å². The summed E-state index contributed by atoms with van der Waals surface area (Å²) >= 11 is 0. The molecule has 0 spiro atoms. The maximum absolute atomic E-state index is 13.8. The van der Waals surface area contributed by atoms with E-state index in [2.05, 4.69) is 22.3 Å². The molecular formula is C17H21FN2O. The number of hydrogen-bond donors (Lipinski definition) is 2. The lowest BCUT2D eigenvalue weighted by molar-refractivity contribution is 0.402. The van der Waals surface area contributed by atoms with Crippen LogP contribution >= 0.6 is 0 Å². The normalized spacial score (nSPS) is 12.4. The summed E-state index contributed by atoms with van der Waals surface area (Å²) in [6.07, 6.45) is 0. The topological polar surface area (TPSA) is 35.5 Å². The smallest absolute Gasteiger partial charge is 0.132 e. The van der Waals surface area contributed by atoms with Gasteiger partial charge >= 0.3 is 0 Å². The number of rotatable bonds is 5. The highest BCUT2D eigenvalue weighted by Crippen LogP contribution is 2.24. The highest BCUT2D eigenvalue weighted by Gasteiger charge is 2.11. The molecule has 2 rings (SSSR count). The van der Waals surface area contributed by atoms with Gasteiger partial charge in [0.1, 0.15) is 11.6 Å². The summed E-state index contributed by atoms with van der Waals surface area (Å²) in [4.78, 5) is 2.10. The molecule has 2 N–H and O–H groups in total. The molecule has 112 valence electrons. The number of phenolic OH excluding ortho intramolecular Hbond substituents is 1. The largest absolute Gasteiger partial charge is 0.508 e. The van der Waals surface area contributed by atoms with E-state index in [0.717, 1.165) is 18.3 Å². The van der Waals surface area contributed by atoms with Gasteiger partial charge in [-0.1, -0.05) is 18.2 Å². The predicted molar refractivity (Wildman–Crippen MR) is 83.9 cm³/mol. The van der Waals surface area contributed by atoms with Gasteiger partial charge in [0.2, 0.25) is 0 Å². The van der Waals surface area contributed by atoms with Crippen LogP contribution in [0.25, 0.3) is 0 Å². The molecule has 3 nitrogen and oxygen atoms in total. The number of anilines is 1. The van der Waals surface area contributed by atoms with Crippen molar-refractivity contribution < 1.29 is 9.50 Å². The van der Waals surface area contributed by atoms with Gasteiger partial charge in [0.15, 0.2) is 0 Å². The van der Waals surface area contributed by atoms with E-state index in [0.29, 0.717) is 5.56 Å². The highest BCUT2D eigenvalue weighted by atomic mass is 19.1. The molecule has 0 aliphatic rings. The van der Waals surface area contributed by atoms with Crippen molar-refractivity contribution in [3.63, 3.8) is 0 Å². The second kappa shape index (κ2) is 6.59. The fourth-order valence-corrected chi connectivity index (χ4v) is 2.32. The molecule has 2 aromatic rings. The van der Waals surface area contributed by atoms with Gasteiger partial charge in [-0.05, 0) is 44.8 Å². The van der Waals surface area contributed by atoms with Gasteiger partial charge in [0, 0.05) is 23.9 Å². The Bertz CT molecular complexity index is 613. The molecule has 2 aromatic carbocycles. The lowest BCUT2D eigenvalue weighted by Crippen LogP contribution is -2.12. The van der Waals surface area contributed by atoms with Crippen LogP contribution in [0, 0.1) is 5.82 Å². The Kier molecular flexibility index (Phi) is 4.81. The Labute approximate surface area is 125 Å². The van der Waals surface area contributed by atoms with Crippen LogP contribution in [-0.4, -0.2) is 24.1 Å². The molecule has 0 aromatic heterocycles. The Morgan fingerprint density at radius 2 is 1.95 bits per heavy atom. The van der Waals surface area contributed by atoms with E-state index in [1.54, 1.807) is 6.07 Å². The standard InChI is InChI=1S/C17H21FN2O/c1-12(16-8-7-15(21)10-17(16)18)19-14-6-4-5-13(9-14)11-20(2)3/h4-10,12,19,21H,11H2,1-3H3. The minimum Gasteiger partial charge on any atom is -0.508 e. The van der Waals surface area contributed by atoms with E-state index in [9.17, 15) is 9.50 Å². The fourth-order valence-electron chi connectivity index (χ4n) is 2.32. The van der Waals surface area contributed by atoms with E-state index in [-0.39, 0.29) is 11.8 Å². The van der Waals surface area contributed by atoms with Crippen LogP contribution in [0.4, 0.5) is 10.1 Å².